The smallest absolute Gasteiger partial charge is 0.226 e. The standard InChI is InChI=1S/C11H14N2O2/c1-7-6-10(14)13-8-4-3-5-9(15-2)11(8)12-7/h3-5,7,12H,6H2,1-2H3,(H,13,14). The van der Waals surface area contributed by atoms with E-state index in [9.17, 15) is 4.79 Å². The molecule has 1 aliphatic rings. The molecule has 0 saturated carbocycles. The minimum Gasteiger partial charge on any atom is -0.495 e. The summed E-state index contributed by atoms with van der Waals surface area (Å²) in [6.07, 6.45) is 0.470. The highest BCUT2D eigenvalue weighted by molar-refractivity contribution is 5.97. The lowest BCUT2D eigenvalue weighted by molar-refractivity contribution is -0.116. The number of nitrogens with one attached hydrogen (secondary N) is 2. The third kappa shape index (κ3) is 1.88. The average Bonchev–Trinajstić information content (AvgIpc) is 2.33. The Hall–Kier alpha value is -1.71. The Morgan fingerprint density at radius 2 is 2.27 bits per heavy atom. The maximum atomic E-state index is 11.5. The Kier molecular flexibility index (Phi) is 2.49. The summed E-state index contributed by atoms with van der Waals surface area (Å²) in [7, 11) is 1.62. The van der Waals surface area contributed by atoms with E-state index in [4.69, 9.17) is 4.74 Å². The summed E-state index contributed by atoms with van der Waals surface area (Å²) >= 11 is 0. The van der Waals surface area contributed by atoms with E-state index in [0.29, 0.717) is 6.42 Å². The van der Waals surface area contributed by atoms with E-state index in [1.165, 1.54) is 0 Å². The fraction of sp³-hybridized carbons (Fsp3) is 0.364. The minimum atomic E-state index is 0.0296. The number of carbonyl (C=O) groups excluding carboxylic acids is 1. The molecule has 0 saturated heterocycles. The first-order chi connectivity index (χ1) is 7.20. The van der Waals surface area contributed by atoms with Crippen molar-refractivity contribution in [1.82, 2.24) is 0 Å². The van der Waals surface area contributed by atoms with Crippen molar-refractivity contribution < 1.29 is 9.53 Å². The highest BCUT2D eigenvalue weighted by Gasteiger charge is 2.19. The van der Waals surface area contributed by atoms with Crippen LogP contribution >= 0.6 is 0 Å². The number of carbonyl (C=O) groups is 1. The van der Waals surface area contributed by atoms with Crippen LogP contribution in [0.25, 0.3) is 0 Å². The molecule has 0 bridgehead atoms. The fourth-order valence-electron chi connectivity index (χ4n) is 1.73. The Bertz CT molecular complexity index is 390. The minimum absolute atomic E-state index is 0.0296. The van der Waals surface area contributed by atoms with Crippen LogP contribution in [0.2, 0.25) is 0 Å². The highest BCUT2D eigenvalue weighted by Crippen LogP contribution is 2.34. The van der Waals surface area contributed by atoms with Gasteiger partial charge in [-0.25, -0.2) is 0 Å². The Balaban J connectivity index is 2.45. The third-order valence-electron chi connectivity index (χ3n) is 2.40. The van der Waals surface area contributed by atoms with Crippen LogP contribution in [-0.2, 0) is 4.79 Å². The zero-order valence-corrected chi connectivity index (χ0v) is 8.83. The molecule has 0 radical (unpaired) electrons. The van der Waals surface area contributed by atoms with Gasteiger partial charge in [-0.2, -0.15) is 0 Å². The zero-order chi connectivity index (χ0) is 10.8. The SMILES string of the molecule is COc1cccc2c1NC(C)CC(=O)N2. The van der Waals surface area contributed by atoms with Gasteiger partial charge in [0.2, 0.25) is 5.91 Å². The topological polar surface area (TPSA) is 50.4 Å². The lowest BCUT2D eigenvalue weighted by Gasteiger charge is -2.14. The number of fused-ring (bicyclic) bond motifs is 1. The van der Waals surface area contributed by atoms with Crippen molar-refractivity contribution >= 4 is 17.3 Å². The number of rotatable bonds is 1. The predicted molar refractivity (Wildman–Crippen MR) is 59.3 cm³/mol. The van der Waals surface area contributed by atoms with Crippen molar-refractivity contribution in [2.45, 2.75) is 19.4 Å². The van der Waals surface area contributed by atoms with E-state index >= 15 is 0 Å². The summed E-state index contributed by atoms with van der Waals surface area (Å²) < 4.78 is 5.24. The molecule has 4 heteroatoms. The molecule has 0 spiro atoms. The van der Waals surface area contributed by atoms with Crippen LogP contribution < -0.4 is 15.4 Å². The van der Waals surface area contributed by atoms with Gasteiger partial charge in [0.15, 0.2) is 0 Å². The van der Waals surface area contributed by atoms with Crippen molar-refractivity contribution in [3.05, 3.63) is 18.2 Å². The van der Waals surface area contributed by atoms with Gasteiger partial charge in [-0.15, -0.1) is 0 Å². The molecule has 80 valence electrons. The Labute approximate surface area is 88.6 Å². The number of benzene rings is 1. The van der Waals surface area contributed by atoms with E-state index in [1.54, 1.807) is 7.11 Å². The maximum absolute atomic E-state index is 11.5. The second-order valence-electron chi connectivity index (χ2n) is 3.68. The van der Waals surface area contributed by atoms with Crippen molar-refractivity contribution in [2.24, 2.45) is 0 Å². The van der Waals surface area contributed by atoms with Crippen LogP contribution in [0.1, 0.15) is 13.3 Å². The zero-order valence-electron chi connectivity index (χ0n) is 8.83. The first-order valence-electron chi connectivity index (χ1n) is 4.94. The fourth-order valence-corrected chi connectivity index (χ4v) is 1.73. The number of anilines is 2. The highest BCUT2D eigenvalue weighted by atomic mass is 16.5. The molecular formula is C11H14N2O2. The molecule has 1 atom stereocenters. The molecule has 1 heterocycles. The number of hydrogen-bond donors (Lipinski definition) is 2. The summed E-state index contributed by atoms with van der Waals surface area (Å²) in [6.45, 7) is 1.97. The Morgan fingerprint density at radius 1 is 1.47 bits per heavy atom. The number of para-hydroxylation sites is 1. The molecule has 0 aromatic heterocycles. The van der Waals surface area contributed by atoms with Gasteiger partial charge in [-0.05, 0) is 19.1 Å². The largest absolute Gasteiger partial charge is 0.495 e. The third-order valence-corrected chi connectivity index (χ3v) is 2.40. The summed E-state index contributed by atoms with van der Waals surface area (Å²) in [4.78, 5) is 11.5. The molecule has 1 aromatic carbocycles. The van der Waals surface area contributed by atoms with E-state index in [2.05, 4.69) is 10.6 Å². The summed E-state index contributed by atoms with van der Waals surface area (Å²) in [6, 6.07) is 5.70. The molecule has 0 aliphatic carbocycles. The second kappa shape index (κ2) is 3.81. The molecular weight excluding hydrogens is 192 g/mol. The van der Waals surface area contributed by atoms with Gasteiger partial charge in [0, 0.05) is 12.5 Å². The van der Waals surface area contributed by atoms with E-state index in [-0.39, 0.29) is 11.9 Å². The van der Waals surface area contributed by atoms with E-state index in [1.807, 2.05) is 25.1 Å². The molecule has 2 N–H and O–H groups in total. The first-order valence-corrected chi connectivity index (χ1v) is 4.94. The molecule has 1 amide bonds. The lowest BCUT2D eigenvalue weighted by Crippen LogP contribution is -2.19. The van der Waals surface area contributed by atoms with E-state index < -0.39 is 0 Å². The number of ether oxygens (including phenoxy) is 1. The quantitative estimate of drug-likeness (QED) is 0.737. The molecule has 0 fully saturated rings. The average molecular weight is 206 g/mol. The van der Waals surface area contributed by atoms with Gasteiger partial charge in [-0.1, -0.05) is 6.07 Å². The van der Waals surface area contributed by atoms with Crippen molar-refractivity contribution in [3.63, 3.8) is 0 Å². The van der Waals surface area contributed by atoms with Gasteiger partial charge in [0.25, 0.3) is 0 Å². The monoisotopic (exact) mass is 206 g/mol. The second-order valence-corrected chi connectivity index (χ2v) is 3.68. The van der Waals surface area contributed by atoms with E-state index in [0.717, 1.165) is 17.1 Å². The van der Waals surface area contributed by atoms with Crippen LogP contribution in [0.4, 0.5) is 11.4 Å². The van der Waals surface area contributed by atoms with Crippen LogP contribution in [0.5, 0.6) is 5.75 Å². The predicted octanol–water partition coefficient (Wildman–Crippen LogP) is 1.84. The van der Waals surface area contributed by atoms with Gasteiger partial charge >= 0.3 is 0 Å². The molecule has 1 aliphatic heterocycles. The molecule has 2 rings (SSSR count). The lowest BCUT2D eigenvalue weighted by atomic mass is 10.2. The van der Waals surface area contributed by atoms with Crippen LogP contribution in [0.3, 0.4) is 0 Å². The van der Waals surface area contributed by atoms with Gasteiger partial charge in [0.1, 0.15) is 11.4 Å². The summed E-state index contributed by atoms with van der Waals surface area (Å²) in [5.74, 6) is 0.781. The Morgan fingerprint density at radius 3 is 3.00 bits per heavy atom. The van der Waals surface area contributed by atoms with Gasteiger partial charge in [0.05, 0.1) is 12.8 Å². The molecule has 1 aromatic rings. The van der Waals surface area contributed by atoms with Crippen molar-refractivity contribution in [3.8, 4) is 5.75 Å². The van der Waals surface area contributed by atoms with Crippen molar-refractivity contribution in [1.29, 1.82) is 0 Å². The molecule has 1 unspecified atom stereocenters. The van der Waals surface area contributed by atoms with Crippen molar-refractivity contribution in [2.75, 3.05) is 17.7 Å². The van der Waals surface area contributed by atoms with Gasteiger partial charge in [-0.3, -0.25) is 4.79 Å². The number of amides is 1. The summed E-state index contributed by atoms with van der Waals surface area (Å²) in [5.41, 5.74) is 1.64. The number of methoxy groups -OCH3 is 1. The van der Waals surface area contributed by atoms with Crippen LogP contribution in [-0.4, -0.2) is 19.1 Å². The van der Waals surface area contributed by atoms with Gasteiger partial charge < -0.3 is 15.4 Å². The first kappa shape index (κ1) is 9.83. The maximum Gasteiger partial charge on any atom is 0.226 e. The number of hydrogen-bond acceptors (Lipinski definition) is 3. The normalized spacial score (nSPS) is 19.6. The molecule has 4 nitrogen and oxygen atoms in total. The van der Waals surface area contributed by atoms with Crippen LogP contribution in [0, 0.1) is 0 Å². The van der Waals surface area contributed by atoms with Crippen LogP contribution in [0.15, 0.2) is 18.2 Å². The summed E-state index contributed by atoms with van der Waals surface area (Å²) in [5, 5.41) is 6.11. The molecule has 15 heavy (non-hydrogen) atoms.